The summed E-state index contributed by atoms with van der Waals surface area (Å²) in [4.78, 5) is 34.2. The molecule has 1 aliphatic heterocycles. The monoisotopic (exact) mass is 651 g/mol. The molecule has 221 valence electrons. The minimum atomic E-state index is -0.0750. The third-order valence-electron chi connectivity index (χ3n) is 7.22. The Morgan fingerprint density at radius 2 is 1.07 bits per heavy atom. The second-order valence-corrected chi connectivity index (χ2v) is 12.3. The normalized spacial score (nSPS) is 13.7. The number of hydrogen-bond donors (Lipinski definition) is 0. The molecule has 0 N–H and O–H groups in total. The van der Waals surface area contributed by atoms with Gasteiger partial charge in [-0.2, -0.15) is 0 Å². The predicted octanol–water partition coefficient (Wildman–Crippen LogP) is 7.60. The molecule has 0 radical (unpaired) electrons. The molecular weight excluding hydrogens is 611 g/mol. The van der Waals surface area contributed by atoms with E-state index in [1.165, 1.54) is 34.1 Å². The quantitative estimate of drug-likeness (QED) is 0.212. The molecule has 5 rings (SSSR count). The van der Waals surface area contributed by atoms with Crippen LogP contribution in [0.3, 0.4) is 0 Å². The van der Waals surface area contributed by atoms with E-state index < -0.39 is 0 Å². The second kappa shape index (κ2) is 15.7. The Morgan fingerprint density at radius 1 is 0.595 bits per heavy atom. The molecule has 0 amide bonds. The van der Waals surface area contributed by atoms with Crippen molar-refractivity contribution in [2.75, 3.05) is 0 Å². The van der Waals surface area contributed by atoms with E-state index in [1.54, 1.807) is 30.6 Å². The Bertz CT molecular complexity index is 1500. The molecule has 3 aromatic rings. The van der Waals surface area contributed by atoms with Crippen LogP contribution in [0.1, 0.15) is 102 Å². The molecule has 42 heavy (non-hydrogen) atoms. The second-order valence-electron chi connectivity index (χ2n) is 10.5. The van der Waals surface area contributed by atoms with Crippen molar-refractivity contribution in [2.24, 2.45) is 9.98 Å². The third kappa shape index (κ3) is 7.51. The molecular formula is C37H41N2O2Pd. The molecule has 2 aliphatic rings. The number of nitrogens with zero attached hydrogens (tertiary/aromatic N) is 2. The molecule has 0 bridgehead atoms. The minimum Gasteiger partial charge on any atom is -0.289 e. The summed E-state index contributed by atoms with van der Waals surface area (Å²) in [5.41, 5.74) is 7.88. The van der Waals surface area contributed by atoms with Crippen molar-refractivity contribution in [1.29, 1.82) is 0 Å². The smallest absolute Gasteiger partial charge is 0.194 e. The van der Waals surface area contributed by atoms with Gasteiger partial charge >= 0.3 is 117 Å². The van der Waals surface area contributed by atoms with Crippen LogP contribution in [0.4, 0.5) is 0 Å². The van der Waals surface area contributed by atoms with Crippen molar-refractivity contribution >= 4 is 37.8 Å². The molecule has 1 aliphatic carbocycles. The number of allylic oxidation sites excluding steroid dienone is 2. The van der Waals surface area contributed by atoms with Crippen LogP contribution in [-0.2, 0) is 43.2 Å². The van der Waals surface area contributed by atoms with Gasteiger partial charge in [0.25, 0.3) is 0 Å². The summed E-state index contributed by atoms with van der Waals surface area (Å²) in [6.07, 6.45) is 13.7. The summed E-state index contributed by atoms with van der Waals surface area (Å²) in [7, 11) is 0. The van der Waals surface area contributed by atoms with Gasteiger partial charge in [0.1, 0.15) is 0 Å². The molecule has 5 heteroatoms. The van der Waals surface area contributed by atoms with Crippen LogP contribution in [0.25, 0.3) is 5.57 Å². The van der Waals surface area contributed by atoms with Gasteiger partial charge in [0, 0.05) is 16.7 Å². The average Bonchev–Trinajstić information content (AvgIpc) is 3.51. The molecule has 3 aromatic carbocycles. The zero-order chi connectivity index (χ0) is 29.9. The molecule has 0 saturated carbocycles. The van der Waals surface area contributed by atoms with Crippen molar-refractivity contribution in [1.82, 2.24) is 0 Å². The van der Waals surface area contributed by atoms with Crippen LogP contribution in [0.15, 0.2) is 76.7 Å². The van der Waals surface area contributed by atoms with Crippen LogP contribution in [0, 0.1) is 0 Å². The first-order chi connectivity index (χ1) is 20.5. The fraction of sp³-hybridized carbons (Fsp3) is 0.324. The maximum Gasteiger partial charge on any atom is 0.194 e. The van der Waals surface area contributed by atoms with E-state index in [9.17, 15) is 9.59 Å². The van der Waals surface area contributed by atoms with Gasteiger partial charge < -0.3 is 0 Å². The predicted molar refractivity (Wildman–Crippen MR) is 174 cm³/mol. The van der Waals surface area contributed by atoms with Crippen LogP contribution >= 0.6 is 0 Å². The van der Waals surface area contributed by atoms with E-state index in [4.69, 9.17) is 0 Å². The van der Waals surface area contributed by atoms with Crippen molar-refractivity contribution in [3.63, 3.8) is 0 Å². The van der Waals surface area contributed by atoms with E-state index in [0.29, 0.717) is 34.2 Å². The molecule has 0 unspecified atom stereocenters. The fourth-order valence-electron chi connectivity index (χ4n) is 5.41. The molecule has 0 aromatic heterocycles. The van der Waals surface area contributed by atoms with Gasteiger partial charge in [-0.15, -0.1) is 0 Å². The fourth-order valence-corrected chi connectivity index (χ4v) is 7.34. The standard InChI is InChI=1S/C22H22O2.C12H17.C3H2N2.Pd/c1-3-8-15-10-7-11-16(9-4-2)21(15)19-14-20(23)17-12-5-6-13-18(17)22(19)24;1-3-6-11-8-5-9-12(10-11)7-4-2;1-2-5-3-4-1;/h5-7,10-14H,3-4,8-9H2,1-2H3;5,8-9H,3-4,6-7H2,1-2H3;1-2H;. The Labute approximate surface area is 258 Å². The van der Waals surface area contributed by atoms with Crippen LogP contribution in [-0.4, -0.2) is 28.2 Å². The Hall–Kier alpha value is -3.39. The van der Waals surface area contributed by atoms with Crippen molar-refractivity contribution in [3.05, 3.63) is 106 Å². The topological polar surface area (TPSA) is 58.9 Å². The number of ketones is 2. The third-order valence-corrected chi connectivity index (χ3v) is 9.36. The van der Waals surface area contributed by atoms with E-state index >= 15 is 0 Å². The van der Waals surface area contributed by atoms with E-state index in [2.05, 4.69) is 74.1 Å². The average molecular weight is 652 g/mol. The van der Waals surface area contributed by atoms with Gasteiger partial charge in [-0.05, 0) is 35.6 Å². The first kappa shape index (κ1) is 31.5. The largest absolute Gasteiger partial charge is 0.289 e. The van der Waals surface area contributed by atoms with E-state index in [0.717, 1.165) is 59.4 Å². The van der Waals surface area contributed by atoms with Gasteiger partial charge in [-0.1, -0.05) is 69.2 Å². The summed E-state index contributed by atoms with van der Waals surface area (Å²) in [5, 5.41) is 0. The Kier molecular flexibility index (Phi) is 11.8. The van der Waals surface area contributed by atoms with E-state index in [1.807, 2.05) is 6.07 Å². The van der Waals surface area contributed by atoms with Gasteiger partial charge in [0.2, 0.25) is 0 Å². The number of Topliss-reactive ketones (excluding diaryl/α,β-unsaturated/α-hetero) is 1. The molecule has 4 nitrogen and oxygen atoms in total. The SMILES string of the molecule is CCCc1cccc(CCC)[c]1[Pd]=[C]1N=CC=N1.CCCc1cccc(CCC)c1C1=CC(=O)c2ccccc2C1=O. The number of aryl methyl sites for hydroxylation is 4. The van der Waals surface area contributed by atoms with Crippen molar-refractivity contribution in [2.45, 2.75) is 79.1 Å². The molecule has 0 spiro atoms. The first-order valence-electron chi connectivity index (χ1n) is 15.2. The number of benzene rings is 3. The molecule has 0 atom stereocenters. The zero-order valence-electron chi connectivity index (χ0n) is 25.2. The molecule has 1 heterocycles. The van der Waals surface area contributed by atoms with Crippen molar-refractivity contribution in [3.8, 4) is 0 Å². The maximum atomic E-state index is 13.1. The number of carbonyl (C=O) groups is 2. The van der Waals surface area contributed by atoms with Gasteiger partial charge in [-0.3, -0.25) is 9.59 Å². The minimum absolute atomic E-state index is 0.0360. The van der Waals surface area contributed by atoms with Crippen LogP contribution in [0.2, 0.25) is 0 Å². The van der Waals surface area contributed by atoms with Crippen LogP contribution < -0.4 is 4.04 Å². The van der Waals surface area contributed by atoms with Crippen LogP contribution in [0.5, 0.6) is 0 Å². The van der Waals surface area contributed by atoms with Gasteiger partial charge in [-0.25, -0.2) is 0 Å². The summed E-state index contributed by atoms with van der Waals surface area (Å²) in [6, 6.07) is 20.0. The van der Waals surface area contributed by atoms with E-state index in [-0.39, 0.29) is 11.6 Å². The Morgan fingerprint density at radius 3 is 1.60 bits per heavy atom. The number of fused-ring (bicyclic) bond motifs is 1. The van der Waals surface area contributed by atoms with Gasteiger partial charge in [0.15, 0.2) is 11.6 Å². The van der Waals surface area contributed by atoms with Crippen molar-refractivity contribution < 1.29 is 27.1 Å². The molecule has 0 saturated heterocycles. The maximum absolute atomic E-state index is 13.1. The molecule has 0 fully saturated rings. The summed E-state index contributed by atoms with van der Waals surface area (Å²) in [6.45, 7) is 8.74. The number of rotatable bonds is 10. The van der Waals surface area contributed by atoms with Gasteiger partial charge in [0.05, 0.1) is 0 Å². The zero-order valence-corrected chi connectivity index (χ0v) is 26.7. The summed E-state index contributed by atoms with van der Waals surface area (Å²) in [5.74, 6) is -0.111. The number of hydrogen-bond acceptors (Lipinski definition) is 4. The first-order valence-corrected chi connectivity index (χ1v) is 16.7. The summed E-state index contributed by atoms with van der Waals surface area (Å²) >= 11 is 0.375. The summed E-state index contributed by atoms with van der Waals surface area (Å²) < 4.78 is 2.49. The Balaban J connectivity index is 0.000000201. The number of carbonyl (C=O) groups excluding carboxylic acids is 2. The number of aliphatic imine (C=N–C) groups is 2.